The maximum atomic E-state index is 12.5. The lowest BCUT2D eigenvalue weighted by Crippen LogP contribution is -2.43. The molecular formula is C22H21NO3. The van der Waals surface area contributed by atoms with Gasteiger partial charge in [-0.15, -0.1) is 0 Å². The molecule has 0 bridgehead atoms. The van der Waals surface area contributed by atoms with Gasteiger partial charge in [0, 0.05) is 12.0 Å². The van der Waals surface area contributed by atoms with Gasteiger partial charge in [0.15, 0.2) is 0 Å². The molecule has 0 heterocycles. The Balaban J connectivity index is 1.86. The first-order chi connectivity index (χ1) is 12.7. The van der Waals surface area contributed by atoms with Crippen molar-refractivity contribution >= 4 is 22.6 Å². The van der Waals surface area contributed by atoms with Crippen LogP contribution in [0.1, 0.15) is 22.8 Å². The second-order valence-corrected chi connectivity index (χ2v) is 5.99. The molecule has 4 heteroatoms. The number of nitrogens with one attached hydrogen (secondary N) is 1. The average molecular weight is 347 g/mol. The summed E-state index contributed by atoms with van der Waals surface area (Å²) in [7, 11) is 0. The zero-order valence-corrected chi connectivity index (χ0v) is 14.6. The lowest BCUT2D eigenvalue weighted by atomic mass is 9.98. The SMILES string of the molecule is CCOC(=O)[C@H](Cc1cccc2ccccc12)NC(=O)c1ccccc1. The third-order valence-electron chi connectivity index (χ3n) is 4.22. The summed E-state index contributed by atoms with van der Waals surface area (Å²) in [4.78, 5) is 24.9. The number of ether oxygens (including phenoxy) is 1. The minimum absolute atomic E-state index is 0.270. The zero-order chi connectivity index (χ0) is 18.4. The standard InChI is InChI=1S/C22H21NO3/c1-2-26-22(25)20(23-21(24)17-10-4-3-5-11-17)15-18-13-8-12-16-9-6-7-14-19(16)18/h3-14,20H,2,15H2,1H3,(H,23,24)/t20-/m0/s1. The molecule has 0 radical (unpaired) electrons. The van der Waals surface area contributed by atoms with Crippen molar-refractivity contribution in [2.24, 2.45) is 0 Å². The van der Waals surface area contributed by atoms with Crippen LogP contribution in [0.15, 0.2) is 72.8 Å². The van der Waals surface area contributed by atoms with Crippen molar-refractivity contribution in [1.82, 2.24) is 5.32 Å². The Bertz CT molecular complexity index is 900. The Hall–Kier alpha value is -3.14. The molecule has 0 fully saturated rings. The molecule has 4 nitrogen and oxygen atoms in total. The summed E-state index contributed by atoms with van der Waals surface area (Å²) in [6, 6.07) is 22.1. The Morgan fingerprint density at radius 3 is 2.38 bits per heavy atom. The Morgan fingerprint density at radius 2 is 1.62 bits per heavy atom. The Labute approximate surface area is 152 Å². The van der Waals surface area contributed by atoms with Crippen molar-refractivity contribution < 1.29 is 14.3 Å². The first kappa shape index (κ1) is 17.7. The second kappa shape index (κ2) is 8.30. The van der Waals surface area contributed by atoms with Gasteiger partial charge in [-0.3, -0.25) is 4.79 Å². The van der Waals surface area contributed by atoms with Crippen molar-refractivity contribution in [2.45, 2.75) is 19.4 Å². The summed E-state index contributed by atoms with van der Waals surface area (Å²) in [5.74, 6) is -0.714. The molecule has 0 aliphatic rings. The van der Waals surface area contributed by atoms with Crippen molar-refractivity contribution in [2.75, 3.05) is 6.61 Å². The van der Waals surface area contributed by atoms with Crippen LogP contribution < -0.4 is 5.32 Å². The van der Waals surface area contributed by atoms with Crippen LogP contribution in [0.3, 0.4) is 0 Å². The molecule has 132 valence electrons. The number of benzene rings is 3. The van der Waals surface area contributed by atoms with Crippen molar-refractivity contribution in [1.29, 1.82) is 0 Å². The highest BCUT2D eigenvalue weighted by Crippen LogP contribution is 2.20. The minimum Gasteiger partial charge on any atom is -0.464 e. The van der Waals surface area contributed by atoms with E-state index >= 15 is 0 Å². The maximum absolute atomic E-state index is 12.5. The van der Waals surface area contributed by atoms with E-state index < -0.39 is 12.0 Å². The summed E-state index contributed by atoms with van der Waals surface area (Å²) in [6.07, 6.45) is 0.374. The number of amides is 1. The van der Waals surface area contributed by atoms with Gasteiger partial charge in [0.2, 0.25) is 0 Å². The van der Waals surface area contributed by atoms with Crippen LogP contribution in [0.5, 0.6) is 0 Å². The number of hydrogen-bond donors (Lipinski definition) is 1. The monoisotopic (exact) mass is 347 g/mol. The van der Waals surface area contributed by atoms with Gasteiger partial charge in [-0.05, 0) is 35.4 Å². The van der Waals surface area contributed by atoms with E-state index in [0.29, 0.717) is 12.0 Å². The summed E-state index contributed by atoms with van der Waals surface area (Å²) < 4.78 is 5.17. The van der Waals surface area contributed by atoms with Gasteiger partial charge in [0.1, 0.15) is 6.04 Å². The molecule has 3 aromatic rings. The van der Waals surface area contributed by atoms with Crippen LogP contribution in [0.4, 0.5) is 0 Å². The van der Waals surface area contributed by atoms with Gasteiger partial charge in [0.05, 0.1) is 6.61 Å². The molecule has 3 rings (SSSR count). The molecule has 26 heavy (non-hydrogen) atoms. The lowest BCUT2D eigenvalue weighted by molar-refractivity contribution is -0.145. The molecule has 0 saturated carbocycles. The molecule has 0 spiro atoms. The summed E-state index contributed by atoms with van der Waals surface area (Å²) in [6.45, 7) is 2.03. The predicted molar refractivity (Wildman–Crippen MR) is 102 cm³/mol. The van der Waals surface area contributed by atoms with Crippen molar-refractivity contribution in [3.05, 3.63) is 83.9 Å². The third-order valence-corrected chi connectivity index (χ3v) is 4.22. The Kier molecular flexibility index (Phi) is 5.64. The van der Waals surface area contributed by atoms with Crippen LogP contribution in [0.25, 0.3) is 10.8 Å². The van der Waals surface area contributed by atoms with Crippen LogP contribution in [-0.4, -0.2) is 24.5 Å². The summed E-state index contributed by atoms with van der Waals surface area (Å²) >= 11 is 0. The van der Waals surface area contributed by atoms with Gasteiger partial charge in [-0.25, -0.2) is 4.79 Å². The lowest BCUT2D eigenvalue weighted by Gasteiger charge is -2.18. The maximum Gasteiger partial charge on any atom is 0.328 e. The topological polar surface area (TPSA) is 55.4 Å². The van der Waals surface area contributed by atoms with E-state index in [2.05, 4.69) is 5.32 Å². The number of carbonyl (C=O) groups excluding carboxylic acids is 2. The van der Waals surface area contributed by atoms with E-state index in [0.717, 1.165) is 16.3 Å². The van der Waals surface area contributed by atoms with Crippen molar-refractivity contribution in [3.63, 3.8) is 0 Å². The van der Waals surface area contributed by atoms with Crippen LogP contribution in [-0.2, 0) is 16.0 Å². The first-order valence-electron chi connectivity index (χ1n) is 8.68. The second-order valence-electron chi connectivity index (χ2n) is 5.99. The first-order valence-corrected chi connectivity index (χ1v) is 8.68. The highest BCUT2D eigenvalue weighted by molar-refractivity contribution is 5.97. The molecular weight excluding hydrogens is 326 g/mol. The molecule has 3 aromatic carbocycles. The number of rotatable bonds is 6. The van der Waals surface area contributed by atoms with Gasteiger partial charge in [-0.1, -0.05) is 60.7 Å². The minimum atomic E-state index is -0.742. The number of esters is 1. The fourth-order valence-corrected chi connectivity index (χ4v) is 2.96. The van der Waals surface area contributed by atoms with E-state index in [4.69, 9.17) is 4.74 Å². The van der Waals surface area contributed by atoms with Crippen LogP contribution in [0.2, 0.25) is 0 Å². The molecule has 0 aliphatic carbocycles. The van der Waals surface area contributed by atoms with Gasteiger partial charge >= 0.3 is 5.97 Å². The molecule has 1 N–H and O–H groups in total. The number of hydrogen-bond acceptors (Lipinski definition) is 3. The summed E-state index contributed by atoms with van der Waals surface area (Å²) in [5, 5.41) is 4.98. The molecule has 1 atom stereocenters. The van der Waals surface area contributed by atoms with E-state index in [-0.39, 0.29) is 12.5 Å². The highest BCUT2D eigenvalue weighted by atomic mass is 16.5. The quantitative estimate of drug-likeness (QED) is 0.691. The van der Waals surface area contributed by atoms with Gasteiger partial charge in [-0.2, -0.15) is 0 Å². The molecule has 0 saturated heterocycles. The fraction of sp³-hybridized carbons (Fsp3) is 0.182. The number of carbonyl (C=O) groups is 2. The van der Waals surface area contributed by atoms with Crippen molar-refractivity contribution in [3.8, 4) is 0 Å². The largest absolute Gasteiger partial charge is 0.464 e. The van der Waals surface area contributed by atoms with Gasteiger partial charge < -0.3 is 10.1 Å². The van der Waals surface area contributed by atoms with E-state index in [1.807, 2.05) is 48.5 Å². The van der Waals surface area contributed by atoms with E-state index in [9.17, 15) is 9.59 Å². The van der Waals surface area contributed by atoms with Gasteiger partial charge in [0.25, 0.3) is 5.91 Å². The third kappa shape index (κ3) is 4.09. The fourth-order valence-electron chi connectivity index (χ4n) is 2.96. The summed E-state index contributed by atoms with van der Waals surface area (Å²) in [5.41, 5.74) is 1.51. The number of fused-ring (bicyclic) bond motifs is 1. The molecule has 0 aromatic heterocycles. The molecule has 1 amide bonds. The zero-order valence-electron chi connectivity index (χ0n) is 14.6. The normalized spacial score (nSPS) is 11.7. The van der Waals surface area contributed by atoms with E-state index in [1.165, 1.54) is 0 Å². The highest BCUT2D eigenvalue weighted by Gasteiger charge is 2.23. The molecule has 0 unspecified atom stereocenters. The average Bonchev–Trinajstić information content (AvgIpc) is 2.68. The smallest absolute Gasteiger partial charge is 0.328 e. The molecule has 0 aliphatic heterocycles. The Morgan fingerprint density at radius 1 is 0.923 bits per heavy atom. The predicted octanol–water partition coefficient (Wildman–Crippen LogP) is 3.74. The van der Waals surface area contributed by atoms with E-state index in [1.54, 1.807) is 31.2 Å². The van der Waals surface area contributed by atoms with Crippen LogP contribution in [0, 0.1) is 0 Å². The van der Waals surface area contributed by atoms with Crippen LogP contribution >= 0.6 is 0 Å².